The minimum Gasteiger partial charge on any atom is -0.508 e. The lowest BCUT2D eigenvalue weighted by atomic mass is 9.50. The largest absolute Gasteiger partial charge is 0.508 e. The number of hydrogen-bond acceptors (Lipinski definition) is 6. The van der Waals surface area contributed by atoms with Gasteiger partial charge in [0.1, 0.15) is 11.9 Å². The minimum atomic E-state index is -0.410. The number of rotatable bonds is 13. The van der Waals surface area contributed by atoms with Crippen molar-refractivity contribution >= 4 is 11.9 Å². The fourth-order valence-corrected chi connectivity index (χ4v) is 10.4. The van der Waals surface area contributed by atoms with Gasteiger partial charge in [0, 0.05) is 55.1 Å². The van der Waals surface area contributed by atoms with Crippen LogP contribution in [0.5, 0.6) is 17.2 Å². The number of esters is 1. The van der Waals surface area contributed by atoms with Gasteiger partial charge in [-0.05, 0) is 75.7 Å². The number of aromatic hydroxyl groups is 1. The van der Waals surface area contributed by atoms with Gasteiger partial charge in [0.2, 0.25) is 5.91 Å². The maximum Gasteiger partial charge on any atom is 0.308 e. The molecule has 7 nitrogen and oxygen atoms in total. The standard InChI is InChI=1S/C38H56N2O5/c1-3-4-10-20-40(34(43)14-9-8-13-26-11-6-5-7-12-26)30-18-17-29-31-22-28-32(42)23-33(44-25(2)41)36-35(28)38(29,37(30)45-36)19-21-39(31)24-27-15-16-27/h23,26-27,29-31,37,42H,3-22,24H2,1-2H3/t29-,30-,31+,37-,38-/m0/s1. The second-order valence-electron chi connectivity index (χ2n) is 15.5. The number of unbranched alkanes of at least 4 members (excludes halogenated alkanes) is 3. The van der Waals surface area contributed by atoms with Crippen molar-refractivity contribution < 1.29 is 24.2 Å². The molecule has 4 aliphatic carbocycles. The summed E-state index contributed by atoms with van der Waals surface area (Å²) in [4.78, 5) is 31.3. The normalized spacial score (nSPS) is 30.4. The lowest BCUT2D eigenvalue weighted by Gasteiger charge is -2.60. The molecule has 7 rings (SSSR count). The summed E-state index contributed by atoms with van der Waals surface area (Å²) >= 11 is 0. The minimum absolute atomic E-state index is 0.00902. The molecule has 6 aliphatic rings. The van der Waals surface area contributed by atoms with Crippen LogP contribution in [0.4, 0.5) is 0 Å². The number of piperidine rings is 1. The number of phenols is 1. The zero-order valence-electron chi connectivity index (χ0n) is 27.9. The summed E-state index contributed by atoms with van der Waals surface area (Å²) in [5, 5.41) is 11.4. The van der Waals surface area contributed by atoms with Gasteiger partial charge < -0.3 is 19.5 Å². The molecule has 45 heavy (non-hydrogen) atoms. The first-order chi connectivity index (χ1) is 21.9. The first-order valence-corrected chi connectivity index (χ1v) is 18.7. The van der Waals surface area contributed by atoms with Crippen LogP contribution in [0.25, 0.3) is 0 Å². The topological polar surface area (TPSA) is 79.3 Å². The van der Waals surface area contributed by atoms with Crippen LogP contribution in [-0.2, 0) is 21.4 Å². The molecule has 5 atom stereocenters. The highest BCUT2D eigenvalue weighted by Crippen LogP contribution is 2.66. The van der Waals surface area contributed by atoms with Crippen molar-refractivity contribution in [2.24, 2.45) is 17.8 Å². The van der Waals surface area contributed by atoms with Crippen LogP contribution in [-0.4, -0.2) is 64.6 Å². The van der Waals surface area contributed by atoms with E-state index in [4.69, 9.17) is 9.47 Å². The number of likely N-dealkylation sites (tertiary alicyclic amines) is 1. The lowest BCUT2D eigenvalue weighted by molar-refractivity contribution is -0.143. The molecule has 1 aromatic rings. The van der Waals surface area contributed by atoms with E-state index in [1.54, 1.807) is 6.07 Å². The Bertz CT molecular complexity index is 1260. The highest BCUT2D eigenvalue weighted by molar-refractivity contribution is 5.77. The number of ether oxygens (including phenoxy) is 2. The Balaban J connectivity index is 1.18. The number of benzene rings is 1. The Labute approximate surface area is 270 Å². The second-order valence-corrected chi connectivity index (χ2v) is 15.5. The summed E-state index contributed by atoms with van der Waals surface area (Å²) in [6.45, 7) is 6.59. The van der Waals surface area contributed by atoms with E-state index in [-0.39, 0.29) is 29.2 Å². The maximum atomic E-state index is 14.2. The smallest absolute Gasteiger partial charge is 0.308 e. The third kappa shape index (κ3) is 5.89. The maximum absolute atomic E-state index is 14.2. The van der Waals surface area contributed by atoms with Gasteiger partial charge in [0.05, 0.1) is 6.04 Å². The quantitative estimate of drug-likeness (QED) is 0.142. The molecule has 1 spiro atoms. The van der Waals surface area contributed by atoms with Gasteiger partial charge in [-0.25, -0.2) is 0 Å². The monoisotopic (exact) mass is 620 g/mol. The zero-order chi connectivity index (χ0) is 31.1. The molecule has 1 amide bonds. The molecular weight excluding hydrogens is 564 g/mol. The van der Waals surface area contributed by atoms with Crippen LogP contribution in [0.3, 0.4) is 0 Å². The Hall–Kier alpha value is -2.28. The predicted octanol–water partition coefficient (Wildman–Crippen LogP) is 7.29. The molecule has 2 aliphatic heterocycles. The van der Waals surface area contributed by atoms with E-state index in [9.17, 15) is 14.7 Å². The molecule has 0 radical (unpaired) electrons. The third-order valence-corrected chi connectivity index (χ3v) is 12.6. The molecule has 0 unspecified atom stereocenters. The molecule has 3 saturated carbocycles. The summed E-state index contributed by atoms with van der Waals surface area (Å²) in [5.41, 5.74) is 1.81. The van der Waals surface area contributed by atoms with Crippen LogP contribution in [0, 0.1) is 17.8 Å². The molecule has 248 valence electrons. The van der Waals surface area contributed by atoms with Crippen LogP contribution < -0.4 is 9.47 Å². The van der Waals surface area contributed by atoms with Gasteiger partial charge in [0.25, 0.3) is 0 Å². The number of amides is 1. The summed E-state index contributed by atoms with van der Waals surface area (Å²) in [5.74, 6) is 3.18. The number of hydrogen-bond donors (Lipinski definition) is 1. The van der Waals surface area contributed by atoms with Gasteiger partial charge in [-0.3, -0.25) is 14.5 Å². The van der Waals surface area contributed by atoms with E-state index in [0.717, 1.165) is 100 Å². The summed E-state index contributed by atoms with van der Waals surface area (Å²) in [7, 11) is 0. The van der Waals surface area contributed by atoms with E-state index < -0.39 is 5.97 Å². The van der Waals surface area contributed by atoms with Crippen molar-refractivity contribution in [1.82, 2.24) is 9.80 Å². The lowest BCUT2D eigenvalue weighted by Crippen LogP contribution is -2.69. The number of nitrogens with zero attached hydrogens (tertiary/aromatic N) is 2. The molecule has 1 N–H and O–H groups in total. The van der Waals surface area contributed by atoms with Crippen molar-refractivity contribution in [2.45, 2.75) is 153 Å². The van der Waals surface area contributed by atoms with E-state index >= 15 is 0 Å². The van der Waals surface area contributed by atoms with Crippen LogP contribution in [0.15, 0.2) is 6.07 Å². The van der Waals surface area contributed by atoms with E-state index in [1.165, 1.54) is 58.3 Å². The van der Waals surface area contributed by atoms with Crippen molar-refractivity contribution in [2.75, 3.05) is 19.6 Å². The molecule has 1 saturated heterocycles. The number of carbonyl (C=O) groups is 2. The summed E-state index contributed by atoms with van der Waals surface area (Å²) in [6.07, 6.45) is 20.4. The van der Waals surface area contributed by atoms with Gasteiger partial charge in [-0.2, -0.15) is 0 Å². The van der Waals surface area contributed by atoms with Gasteiger partial charge in [-0.1, -0.05) is 64.7 Å². The van der Waals surface area contributed by atoms with Gasteiger partial charge in [0.15, 0.2) is 11.5 Å². The predicted molar refractivity (Wildman–Crippen MR) is 175 cm³/mol. The molecule has 7 heteroatoms. The van der Waals surface area contributed by atoms with Crippen LogP contribution in [0.1, 0.15) is 134 Å². The molecule has 2 bridgehead atoms. The molecule has 2 heterocycles. The Kier molecular flexibility index (Phi) is 9.11. The van der Waals surface area contributed by atoms with E-state index in [1.807, 2.05) is 0 Å². The Morgan fingerprint density at radius 1 is 1.04 bits per heavy atom. The van der Waals surface area contributed by atoms with Gasteiger partial charge >= 0.3 is 5.97 Å². The number of carbonyl (C=O) groups excluding carboxylic acids is 2. The van der Waals surface area contributed by atoms with Gasteiger partial charge in [-0.15, -0.1) is 0 Å². The summed E-state index contributed by atoms with van der Waals surface area (Å²) < 4.78 is 12.7. The van der Waals surface area contributed by atoms with Crippen LogP contribution >= 0.6 is 0 Å². The highest BCUT2D eigenvalue weighted by atomic mass is 16.6. The first-order valence-electron chi connectivity index (χ1n) is 18.7. The highest BCUT2D eigenvalue weighted by Gasteiger charge is 2.67. The SMILES string of the molecule is CCCCCN(C(=O)CCCCC1CCCCC1)[C@H]1CC[C@H]2[C@H]3Cc4c(O)cc(OC(C)=O)c5c4[C@@]2(CCN3CC2CC2)[C@H]1O5. The fourth-order valence-electron chi connectivity index (χ4n) is 10.4. The third-order valence-electron chi connectivity index (χ3n) is 12.6. The van der Waals surface area contributed by atoms with Crippen molar-refractivity contribution in [3.8, 4) is 17.2 Å². The second kappa shape index (κ2) is 13.1. The zero-order valence-corrected chi connectivity index (χ0v) is 27.9. The summed E-state index contributed by atoms with van der Waals surface area (Å²) in [6, 6.07) is 1.97. The van der Waals surface area contributed by atoms with Crippen molar-refractivity contribution in [3.63, 3.8) is 0 Å². The molecule has 1 aromatic carbocycles. The molecule has 4 fully saturated rings. The molecular formula is C38H56N2O5. The van der Waals surface area contributed by atoms with Crippen LogP contribution in [0.2, 0.25) is 0 Å². The van der Waals surface area contributed by atoms with Crippen molar-refractivity contribution in [1.29, 1.82) is 0 Å². The molecule has 0 aromatic heterocycles. The Morgan fingerprint density at radius 3 is 2.62 bits per heavy atom. The van der Waals surface area contributed by atoms with E-state index in [2.05, 4.69) is 16.7 Å². The number of phenolic OH excluding ortho intramolecular Hbond substituents is 1. The first kappa shape index (κ1) is 31.3. The average molecular weight is 621 g/mol. The van der Waals surface area contributed by atoms with E-state index in [0.29, 0.717) is 29.9 Å². The fraction of sp³-hybridized carbons (Fsp3) is 0.789. The van der Waals surface area contributed by atoms with Crippen molar-refractivity contribution in [3.05, 3.63) is 17.2 Å². The average Bonchev–Trinajstić information content (AvgIpc) is 3.78. The Morgan fingerprint density at radius 2 is 1.87 bits per heavy atom.